The van der Waals surface area contributed by atoms with Crippen molar-refractivity contribution in [3.05, 3.63) is 106 Å². The lowest BCUT2D eigenvalue weighted by molar-refractivity contribution is 0.104. The van der Waals surface area contributed by atoms with Crippen LogP contribution in [0.15, 0.2) is 78.9 Å². The van der Waals surface area contributed by atoms with Gasteiger partial charge in [0.1, 0.15) is 0 Å². The second kappa shape index (κ2) is 8.20. The summed E-state index contributed by atoms with van der Waals surface area (Å²) in [5.74, 6) is -0.106. The zero-order valence-electron chi connectivity index (χ0n) is 15.7. The van der Waals surface area contributed by atoms with E-state index in [1.807, 2.05) is 67.6 Å². The van der Waals surface area contributed by atoms with Crippen LogP contribution in [0.2, 0.25) is 10.0 Å². The van der Waals surface area contributed by atoms with E-state index in [9.17, 15) is 4.79 Å². The molecule has 0 aliphatic carbocycles. The van der Waals surface area contributed by atoms with Gasteiger partial charge in [-0.15, -0.1) is 0 Å². The topological polar surface area (TPSA) is 30.0 Å². The number of carbonyl (C=O) groups excluding carboxylic acids is 1. The molecule has 0 aliphatic heterocycles. The molecule has 0 atom stereocenters. The number of hydrogen-bond donors (Lipinski definition) is 0. The monoisotopic (exact) mass is 417 g/mol. The summed E-state index contributed by atoms with van der Waals surface area (Å²) in [6, 6.07) is 22.8. The minimum atomic E-state index is -0.106. The molecule has 0 saturated carbocycles. The van der Waals surface area contributed by atoms with E-state index in [1.54, 1.807) is 24.3 Å². The zero-order chi connectivity index (χ0) is 20.4. The van der Waals surface area contributed by atoms with Crippen molar-refractivity contribution in [2.75, 3.05) is 0 Å². The van der Waals surface area contributed by atoms with Gasteiger partial charge in [0.05, 0.1) is 11.1 Å². The zero-order valence-corrected chi connectivity index (χ0v) is 17.2. The molecule has 4 rings (SSSR count). The Bertz CT molecular complexity index is 1230. The number of carbonyl (C=O) groups is 1. The number of allylic oxidation sites excluding steroid dienone is 1. The molecule has 0 spiro atoms. The van der Waals surface area contributed by atoms with E-state index in [4.69, 9.17) is 23.2 Å². The van der Waals surface area contributed by atoms with E-state index < -0.39 is 0 Å². The van der Waals surface area contributed by atoms with Crippen LogP contribution in [0.3, 0.4) is 0 Å². The Balaban J connectivity index is 1.90. The number of nitrogens with zero attached hydrogens (tertiary/aromatic N) is 1. The third-order valence-electron chi connectivity index (χ3n) is 4.73. The Morgan fingerprint density at radius 3 is 2.31 bits per heavy atom. The molecule has 0 amide bonds. The molecular weight excluding hydrogens is 401 g/mol. The molecule has 1 heterocycles. The van der Waals surface area contributed by atoms with Gasteiger partial charge in [0.15, 0.2) is 5.78 Å². The molecule has 1 aromatic heterocycles. The van der Waals surface area contributed by atoms with Crippen LogP contribution in [-0.4, -0.2) is 10.8 Å². The first kappa shape index (κ1) is 19.4. The molecule has 142 valence electrons. The second-order valence-electron chi connectivity index (χ2n) is 6.72. The summed E-state index contributed by atoms with van der Waals surface area (Å²) in [7, 11) is 0. The molecule has 4 heteroatoms. The van der Waals surface area contributed by atoms with Crippen LogP contribution >= 0.6 is 23.2 Å². The van der Waals surface area contributed by atoms with E-state index in [2.05, 4.69) is 4.98 Å². The maximum atomic E-state index is 13.2. The molecule has 0 N–H and O–H groups in total. The van der Waals surface area contributed by atoms with Crippen LogP contribution in [0.4, 0.5) is 0 Å². The first-order valence-electron chi connectivity index (χ1n) is 9.16. The standard InChI is InChI=1S/C25H17Cl2NO/c1-16-24(23(29)14-9-17-7-10-19(26)11-8-17)25(18-5-3-2-4-6-18)21-15-20(27)12-13-22(21)28-16/h2-15H,1H3/b14-9-. The molecule has 3 aromatic carbocycles. The fourth-order valence-corrected chi connectivity index (χ4v) is 3.69. The minimum absolute atomic E-state index is 0.106. The van der Waals surface area contributed by atoms with Crippen molar-refractivity contribution in [2.24, 2.45) is 0 Å². The number of fused-ring (bicyclic) bond motifs is 1. The number of aromatic nitrogens is 1. The first-order valence-corrected chi connectivity index (χ1v) is 9.92. The van der Waals surface area contributed by atoms with E-state index in [1.165, 1.54) is 0 Å². The van der Waals surface area contributed by atoms with Gasteiger partial charge in [0.2, 0.25) is 0 Å². The smallest absolute Gasteiger partial charge is 0.188 e. The van der Waals surface area contributed by atoms with Crippen molar-refractivity contribution >= 4 is 46.0 Å². The quantitative estimate of drug-likeness (QED) is 0.255. The fraction of sp³-hybridized carbons (Fsp3) is 0.0400. The number of benzene rings is 3. The van der Waals surface area contributed by atoms with E-state index >= 15 is 0 Å². The van der Waals surface area contributed by atoms with Crippen molar-refractivity contribution in [1.29, 1.82) is 0 Å². The highest BCUT2D eigenvalue weighted by Crippen LogP contribution is 2.35. The van der Waals surface area contributed by atoms with Gasteiger partial charge in [-0.25, -0.2) is 0 Å². The molecule has 2 nitrogen and oxygen atoms in total. The number of rotatable bonds is 4. The van der Waals surface area contributed by atoms with Gasteiger partial charge in [-0.3, -0.25) is 9.78 Å². The number of aryl methyl sites for hydroxylation is 1. The summed E-state index contributed by atoms with van der Waals surface area (Å²) in [6.07, 6.45) is 3.37. The Kier molecular flexibility index (Phi) is 5.48. The van der Waals surface area contributed by atoms with Crippen LogP contribution in [-0.2, 0) is 0 Å². The molecule has 0 unspecified atom stereocenters. The van der Waals surface area contributed by atoms with Crippen LogP contribution in [0.5, 0.6) is 0 Å². The Morgan fingerprint density at radius 1 is 0.897 bits per heavy atom. The average molecular weight is 418 g/mol. The summed E-state index contributed by atoms with van der Waals surface area (Å²) in [5.41, 5.74) is 4.78. The maximum Gasteiger partial charge on any atom is 0.188 e. The van der Waals surface area contributed by atoms with Gasteiger partial charge in [-0.1, -0.05) is 71.7 Å². The highest BCUT2D eigenvalue weighted by Gasteiger charge is 2.19. The lowest BCUT2D eigenvalue weighted by atomic mass is 9.92. The molecule has 4 aromatic rings. The van der Waals surface area contributed by atoms with Crippen molar-refractivity contribution < 1.29 is 4.79 Å². The number of hydrogen-bond acceptors (Lipinski definition) is 2. The van der Waals surface area contributed by atoms with Gasteiger partial charge in [0.25, 0.3) is 0 Å². The lowest BCUT2D eigenvalue weighted by Crippen LogP contribution is -2.05. The third-order valence-corrected chi connectivity index (χ3v) is 5.22. The van der Waals surface area contributed by atoms with Crippen LogP contribution < -0.4 is 0 Å². The van der Waals surface area contributed by atoms with Crippen molar-refractivity contribution in [2.45, 2.75) is 6.92 Å². The summed E-state index contributed by atoms with van der Waals surface area (Å²) >= 11 is 12.2. The molecule has 29 heavy (non-hydrogen) atoms. The summed E-state index contributed by atoms with van der Waals surface area (Å²) in [4.78, 5) is 17.9. The summed E-state index contributed by atoms with van der Waals surface area (Å²) in [5, 5.41) is 2.12. The Labute approximate surface area is 179 Å². The van der Waals surface area contributed by atoms with Crippen molar-refractivity contribution in [3.8, 4) is 11.1 Å². The molecule has 0 bridgehead atoms. The molecule has 0 radical (unpaired) electrons. The predicted octanol–water partition coefficient (Wildman–Crippen LogP) is 7.41. The lowest BCUT2D eigenvalue weighted by Gasteiger charge is -2.14. The average Bonchev–Trinajstić information content (AvgIpc) is 2.73. The summed E-state index contributed by atoms with van der Waals surface area (Å²) in [6.45, 7) is 1.86. The normalized spacial score (nSPS) is 11.3. The number of pyridine rings is 1. The second-order valence-corrected chi connectivity index (χ2v) is 7.60. The van der Waals surface area contributed by atoms with E-state index in [-0.39, 0.29) is 5.78 Å². The van der Waals surface area contributed by atoms with E-state index in [0.29, 0.717) is 21.3 Å². The van der Waals surface area contributed by atoms with Crippen LogP contribution in [0.1, 0.15) is 21.6 Å². The number of ketones is 1. The van der Waals surface area contributed by atoms with Crippen molar-refractivity contribution in [3.63, 3.8) is 0 Å². The molecule has 0 saturated heterocycles. The molecule has 0 aliphatic rings. The SMILES string of the molecule is Cc1nc2ccc(Cl)cc2c(-c2ccccc2)c1C(=O)/C=C\c1ccc(Cl)cc1. The van der Waals surface area contributed by atoms with E-state index in [0.717, 1.165) is 27.6 Å². The third kappa shape index (κ3) is 4.09. The first-order chi connectivity index (χ1) is 14.0. The van der Waals surface area contributed by atoms with Gasteiger partial charge in [-0.05, 0) is 54.5 Å². The number of halogens is 2. The Morgan fingerprint density at radius 2 is 1.59 bits per heavy atom. The highest BCUT2D eigenvalue weighted by molar-refractivity contribution is 6.31. The van der Waals surface area contributed by atoms with Crippen LogP contribution in [0.25, 0.3) is 28.1 Å². The predicted molar refractivity (Wildman–Crippen MR) is 122 cm³/mol. The molecular formula is C25H17Cl2NO. The summed E-state index contributed by atoms with van der Waals surface area (Å²) < 4.78 is 0. The Hall–Kier alpha value is -2.94. The van der Waals surface area contributed by atoms with Gasteiger partial charge >= 0.3 is 0 Å². The fourth-order valence-electron chi connectivity index (χ4n) is 3.39. The highest BCUT2D eigenvalue weighted by atomic mass is 35.5. The molecule has 0 fully saturated rings. The van der Waals surface area contributed by atoms with Gasteiger partial charge in [-0.2, -0.15) is 0 Å². The van der Waals surface area contributed by atoms with Crippen LogP contribution in [0, 0.1) is 6.92 Å². The van der Waals surface area contributed by atoms with Crippen molar-refractivity contribution in [1.82, 2.24) is 4.98 Å². The minimum Gasteiger partial charge on any atom is -0.289 e. The largest absolute Gasteiger partial charge is 0.289 e. The van der Waals surface area contributed by atoms with Gasteiger partial charge in [0, 0.05) is 26.7 Å². The van der Waals surface area contributed by atoms with Gasteiger partial charge < -0.3 is 0 Å². The maximum absolute atomic E-state index is 13.2.